The van der Waals surface area contributed by atoms with Crippen LogP contribution in [0.15, 0.2) is 5.38 Å². The van der Waals surface area contributed by atoms with Crippen molar-refractivity contribution in [3.8, 4) is 0 Å². The zero-order valence-electron chi connectivity index (χ0n) is 10.4. The van der Waals surface area contributed by atoms with Crippen molar-refractivity contribution in [2.75, 3.05) is 6.54 Å². The third-order valence-corrected chi connectivity index (χ3v) is 3.36. The van der Waals surface area contributed by atoms with Gasteiger partial charge in [-0.2, -0.15) is 0 Å². The highest BCUT2D eigenvalue weighted by Gasteiger charge is 2.21. The molecule has 1 aromatic heterocycles. The summed E-state index contributed by atoms with van der Waals surface area (Å²) in [4.78, 5) is 26.0. The Kier molecular flexibility index (Phi) is 4.39. The summed E-state index contributed by atoms with van der Waals surface area (Å²) >= 11 is 1.34. The van der Waals surface area contributed by atoms with E-state index >= 15 is 0 Å². The SMILES string of the molecule is CC(C)(C)c1nc(C(=O)NC[C@@H](F)C(=O)O)cs1. The highest BCUT2D eigenvalue weighted by Crippen LogP contribution is 2.25. The van der Waals surface area contributed by atoms with Crippen LogP contribution in [0.2, 0.25) is 0 Å². The first-order valence-corrected chi connectivity index (χ1v) is 6.21. The second-order valence-electron chi connectivity index (χ2n) is 4.80. The highest BCUT2D eigenvalue weighted by atomic mass is 32.1. The number of halogens is 1. The van der Waals surface area contributed by atoms with Crippen molar-refractivity contribution < 1.29 is 19.1 Å². The molecule has 0 spiro atoms. The standard InChI is InChI=1S/C11H15FN2O3S/c1-11(2,3)10-14-7(5-18-10)8(15)13-4-6(12)9(16)17/h5-6H,4H2,1-3H3,(H,13,15)(H,16,17)/t6-/m1/s1. The number of rotatable bonds is 4. The Hall–Kier alpha value is -1.50. The van der Waals surface area contributed by atoms with Gasteiger partial charge in [-0.05, 0) is 0 Å². The number of nitrogens with one attached hydrogen (secondary N) is 1. The molecule has 0 bridgehead atoms. The number of carboxylic acids is 1. The maximum Gasteiger partial charge on any atom is 0.340 e. The Bertz CT molecular complexity index is 453. The lowest BCUT2D eigenvalue weighted by Gasteiger charge is -2.13. The average Bonchev–Trinajstić information content (AvgIpc) is 2.73. The van der Waals surface area contributed by atoms with Gasteiger partial charge in [0.25, 0.3) is 5.91 Å². The van der Waals surface area contributed by atoms with Crippen LogP contribution in [0.3, 0.4) is 0 Å². The summed E-state index contributed by atoms with van der Waals surface area (Å²) in [5.74, 6) is -2.16. The van der Waals surface area contributed by atoms with Crippen LogP contribution in [0.5, 0.6) is 0 Å². The van der Waals surface area contributed by atoms with E-state index in [1.165, 1.54) is 11.3 Å². The molecule has 0 unspecified atom stereocenters. The lowest BCUT2D eigenvalue weighted by molar-refractivity contribution is -0.142. The second kappa shape index (κ2) is 5.43. The number of thiazole rings is 1. The van der Waals surface area contributed by atoms with Crippen LogP contribution >= 0.6 is 11.3 Å². The average molecular weight is 274 g/mol. The molecule has 100 valence electrons. The third-order valence-electron chi connectivity index (χ3n) is 2.09. The van der Waals surface area contributed by atoms with Crippen molar-refractivity contribution in [2.24, 2.45) is 0 Å². The summed E-state index contributed by atoms with van der Waals surface area (Å²) in [6.45, 7) is 5.34. The first-order valence-electron chi connectivity index (χ1n) is 5.33. The minimum Gasteiger partial charge on any atom is -0.479 e. The molecule has 2 N–H and O–H groups in total. The van der Waals surface area contributed by atoms with Crippen LogP contribution in [0.25, 0.3) is 0 Å². The Labute approximate surface area is 108 Å². The molecule has 0 radical (unpaired) electrons. The molecule has 0 saturated carbocycles. The van der Waals surface area contributed by atoms with Crippen molar-refractivity contribution in [3.05, 3.63) is 16.1 Å². The van der Waals surface area contributed by atoms with Gasteiger partial charge in [0.05, 0.1) is 11.6 Å². The van der Waals surface area contributed by atoms with Gasteiger partial charge in [-0.15, -0.1) is 11.3 Å². The van der Waals surface area contributed by atoms with Crippen molar-refractivity contribution >= 4 is 23.2 Å². The van der Waals surface area contributed by atoms with E-state index in [1.807, 2.05) is 20.8 Å². The maximum atomic E-state index is 12.8. The summed E-state index contributed by atoms with van der Waals surface area (Å²) in [6.07, 6.45) is -2.10. The summed E-state index contributed by atoms with van der Waals surface area (Å²) in [5.41, 5.74) is 0.0230. The molecular formula is C11H15FN2O3S. The number of nitrogens with zero attached hydrogens (tertiary/aromatic N) is 1. The van der Waals surface area contributed by atoms with Gasteiger partial charge in [0.1, 0.15) is 5.69 Å². The molecule has 1 atom stereocenters. The number of aromatic nitrogens is 1. The van der Waals surface area contributed by atoms with Crippen LogP contribution in [0, 0.1) is 0 Å². The highest BCUT2D eigenvalue weighted by molar-refractivity contribution is 7.10. The molecule has 0 aliphatic carbocycles. The summed E-state index contributed by atoms with van der Waals surface area (Å²) in [7, 11) is 0. The molecule has 0 saturated heterocycles. The van der Waals surface area contributed by atoms with Crippen molar-refractivity contribution in [1.82, 2.24) is 10.3 Å². The van der Waals surface area contributed by atoms with E-state index in [0.29, 0.717) is 0 Å². The maximum absolute atomic E-state index is 12.8. The molecule has 1 aromatic rings. The van der Waals surface area contributed by atoms with Gasteiger partial charge >= 0.3 is 5.97 Å². The van der Waals surface area contributed by atoms with Crippen LogP contribution < -0.4 is 5.32 Å². The van der Waals surface area contributed by atoms with Crippen LogP contribution in [0.4, 0.5) is 4.39 Å². The number of alkyl halides is 1. The van der Waals surface area contributed by atoms with Crippen LogP contribution in [-0.4, -0.2) is 34.7 Å². The zero-order valence-corrected chi connectivity index (χ0v) is 11.2. The number of carbonyl (C=O) groups is 2. The molecule has 1 amide bonds. The van der Waals surface area contributed by atoms with E-state index in [2.05, 4.69) is 10.3 Å². The molecule has 18 heavy (non-hydrogen) atoms. The molecule has 0 aromatic carbocycles. The Morgan fingerprint density at radius 1 is 1.56 bits per heavy atom. The smallest absolute Gasteiger partial charge is 0.340 e. The van der Waals surface area contributed by atoms with Gasteiger partial charge in [0, 0.05) is 10.8 Å². The summed E-state index contributed by atoms with van der Waals surface area (Å²) in [6, 6.07) is 0. The van der Waals surface area contributed by atoms with E-state index in [9.17, 15) is 14.0 Å². The van der Waals surface area contributed by atoms with Gasteiger partial charge < -0.3 is 10.4 Å². The minimum atomic E-state index is -2.10. The van der Waals surface area contributed by atoms with Crippen molar-refractivity contribution in [1.29, 1.82) is 0 Å². The van der Waals surface area contributed by atoms with Crippen LogP contribution in [-0.2, 0) is 10.2 Å². The molecular weight excluding hydrogens is 259 g/mol. The number of hydrogen-bond donors (Lipinski definition) is 2. The Morgan fingerprint density at radius 2 is 2.17 bits per heavy atom. The minimum absolute atomic E-state index is 0.160. The van der Waals surface area contributed by atoms with Crippen molar-refractivity contribution in [2.45, 2.75) is 32.4 Å². The molecule has 1 rings (SSSR count). The molecule has 1 heterocycles. The third kappa shape index (κ3) is 3.76. The topological polar surface area (TPSA) is 79.3 Å². The lowest BCUT2D eigenvalue weighted by Crippen LogP contribution is -2.34. The fourth-order valence-electron chi connectivity index (χ4n) is 1.08. The van der Waals surface area contributed by atoms with E-state index in [4.69, 9.17) is 5.11 Å². The Balaban J connectivity index is 2.63. The zero-order chi connectivity index (χ0) is 13.9. The largest absolute Gasteiger partial charge is 0.479 e. The van der Waals surface area contributed by atoms with Crippen molar-refractivity contribution in [3.63, 3.8) is 0 Å². The normalized spacial score (nSPS) is 13.1. The number of carbonyl (C=O) groups excluding carboxylic acids is 1. The van der Waals surface area contributed by atoms with Gasteiger partial charge in [-0.1, -0.05) is 20.8 Å². The number of aliphatic carboxylic acids is 1. The quantitative estimate of drug-likeness (QED) is 0.874. The second-order valence-corrected chi connectivity index (χ2v) is 5.66. The van der Waals surface area contributed by atoms with E-state index in [0.717, 1.165) is 5.01 Å². The fourth-order valence-corrected chi connectivity index (χ4v) is 1.97. The van der Waals surface area contributed by atoms with E-state index < -0.39 is 24.6 Å². The molecule has 5 nitrogen and oxygen atoms in total. The monoisotopic (exact) mass is 274 g/mol. The first kappa shape index (κ1) is 14.6. The van der Waals surface area contributed by atoms with Crippen LogP contribution in [0.1, 0.15) is 36.3 Å². The van der Waals surface area contributed by atoms with E-state index in [1.54, 1.807) is 5.38 Å². The molecule has 0 fully saturated rings. The number of carboxylic acid groups (broad SMARTS) is 1. The van der Waals surface area contributed by atoms with Gasteiger partial charge in [0.15, 0.2) is 0 Å². The first-order chi connectivity index (χ1) is 8.21. The van der Waals surface area contributed by atoms with E-state index in [-0.39, 0.29) is 11.1 Å². The molecule has 7 heteroatoms. The number of amides is 1. The summed E-state index contributed by atoms with van der Waals surface area (Å²) in [5, 5.41) is 12.9. The summed E-state index contributed by atoms with van der Waals surface area (Å²) < 4.78 is 12.8. The fraction of sp³-hybridized carbons (Fsp3) is 0.545. The number of hydrogen-bond acceptors (Lipinski definition) is 4. The predicted octanol–water partition coefficient (Wildman–Crippen LogP) is 1.59. The van der Waals surface area contributed by atoms with Gasteiger partial charge in [0.2, 0.25) is 6.17 Å². The van der Waals surface area contributed by atoms with Gasteiger partial charge in [-0.3, -0.25) is 4.79 Å². The molecule has 0 aliphatic rings. The Morgan fingerprint density at radius 3 is 2.61 bits per heavy atom. The predicted molar refractivity (Wildman–Crippen MR) is 65.7 cm³/mol. The lowest BCUT2D eigenvalue weighted by atomic mass is 9.98. The molecule has 0 aliphatic heterocycles. The van der Waals surface area contributed by atoms with Gasteiger partial charge in [-0.25, -0.2) is 14.2 Å².